The monoisotopic (exact) mass is 263 g/mol. The van der Waals surface area contributed by atoms with Gasteiger partial charge in [-0.25, -0.2) is 0 Å². The van der Waals surface area contributed by atoms with Gasteiger partial charge in [-0.1, -0.05) is 37.3 Å². The molecule has 0 spiro atoms. The molecule has 1 aromatic rings. The molecule has 1 aromatic carbocycles. The van der Waals surface area contributed by atoms with Gasteiger partial charge in [0.25, 0.3) is 0 Å². The van der Waals surface area contributed by atoms with Crippen LogP contribution in [0.2, 0.25) is 0 Å². The highest BCUT2D eigenvalue weighted by molar-refractivity contribution is 5.69. The average Bonchev–Trinajstić information content (AvgIpc) is 2.47. The first-order chi connectivity index (χ1) is 9.26. The molecule has 106 valence electrons. The van der Waals surface area contributed by atoms with E-state index < -0.39 is 0 Å². The summed E-state index contributed by atoms with van der Waals surface area (Å²) in [5, 5.41) is 0. The number of hydrogen-bond donors (Lipinski definition) is 0. The van der Waals surface area contributed by atoms with Crippen molar-refractivity contribution in [3.8, 4) is 0 Å². The van der Waals surface area contributed by atoms with Crippen LogP contribution in [0.1, 0.15) is 31.7 Å². The van der Waals surface area contributed by atoms with Crippen LogP contribution in [-0.2, 0) is 16.0 Å². The Labute approximate surface area is 116 Å². The number of aryl methyl sites for hydroxylation is 1. The number of nitrogens with zero attached hydrogens (tertiary/aromatic N) is 1. The van der Waals surface area contributed by atoms with Gasteiger partial charge in [0.1, 0.15) is 0 Å². The number of hydrogen-bond acceptors (Lipinski definition) is 3. The molecule has 0 saturated heterocycles. The number of unbranched alkanes of at least 4 members (excludes halogenated alkanes) is 1. The van der Waals surface area contributed by atoms with Gasteiger partial charge in [0.05, 0.1) is 13.5 Å². The third kappa shape index (κ3) is 6.97. The first-order valence-corrected chi connectivity index (χ1v) is 7.09. The fourth-order valence-electron chi connectivity index (χ4n) is 2.09. The van der Waals surface area contributed by atoms with Crippen molar-refractivity contribution in [1.29, 1.82) is 0 Å². The number of rotatable bonds is 9. The van der Waals surface area contributed by atoms with E-state index in [9.17, 15) is 4.79 Å². The molecule has 0 heterocycles. The second-order valence-electron chi connectivity index (χ2n) is 4.70. The summed E-state index contributed by atoms with van der Waals surface area (Å²) in [4.78, 5) is 13.4. The Morgan fingerprint density at radius 3 is 2.53 bits per heavy atom. The molecule has 0 aliphatic carbocycles. The third-order valence-corrected chi connectivity index (χ3v) is 3.34. The molecular weight excluding hydrogens is 238 g/mol. The van der Waals surface area contributed by atoms with E-state index in [2.05, 4.69) is 46.9 Å². The van der Waals surface area contributed by atoms with Crippen LogP contribution in [0.15, 0.2) is 30.3 Å². The van der Waals surface area contributed by atoms with Gasteiger partial charge in [-0.2, -0.15) is 0 Å². The van der Waals surface area contributed by atoms with Gasteiger partial charge < -0.3 is 9.64 Å². The van der Waals surface area contributed by atoms with Gasteiger partial charge in [-0.15, -0.1) is 0 Å². The summed E-state index contributed by atoms with van der Waals surface area (Å²) in [5.74, 6) is -0.122. The lowest BCUT2D eigenvalue weighted by Crippen LogP contribution is -2.27. The number of ether oxygens (including phenoxy) is 1. The maximum absolute atomic E-state index is 11.1. The van der Waals surface area contributed by atoms with Gasteiger partial charge in [-0.3, -0.25) is 4.79 Å². The largest absolute Gasteiger partial charge is 0.469 e. The van der Waals surface area contributed by atoms with Gasteiger partial charge in [0.15, 0.2) is 0 Å². The minimum absolute atomic E-state index is 0.122. The van der Waals surface area contributed by atoms with Crippen LogP contribution in [0, 0.1) is 0 Å². The number of esters is 1. The van der Waals surface area contributed by atoms with Crippen molar-refractivity contribution in [1.82, 2.24) is 4.90 Å². The molecule has 0 bridgehead atoms. The minimum atomic E-state index is -0.122. The Kier molecular flexibility index (Phi) is 7.91. The molecule has 0 amide bonds. The third-order valence-electron chi connectivity index (χ3n) is 3.34. The molecule has 0 N–H and O–H groups in total. The Morgan fingerprint density at radius 1 is 1.16 bits per heavy atom. The molecule has 19 heavy (non-hydrogen) atoms. The molecule has 0 aliphatic heterocycles. The van der Waals surface area contributed by atoms with Crippen molar-refractivity contribution in [3.63, 3.8) is 0 Å². The Bertz CT molecular complexity index is 351. The standard InChI is InChI=1S/C16H25NO2/c1-3-17(14-12-16(18)19-2)13-8-7-11-15-9-5-4-6-10-15/h4-6,9-10H,3,7-8,11-14H2,1-2H3. The first-order valence-electron chi connectivity index (χ1n) is 7.09. The van der Waals surface area contributed by atoms with Gasteiger partial charge in [-0.05, 0) is 37.9 Å². The lowest BCUT2D eigenvalue weighted by Gasteiger charge is -2.19. The first kappa shape index (κ1) is 15.7. The summed E-state index contributed by atoms with van der Waals surface area (Å²) in [6.45, 7) is 4.98. The maximum Gasteiger partial charge on any atom is 0.306 e. The lowest BCUT2D eigenvalue weighted by atomic mass is 10.1. The molecule has 3 heteroatoms. The molecule has 0 fully saturated rings. The van der Waals surface area contributed by atoms with E-state index >= 15 is 0 Å². The number of benzene rings is 1. The lowest BCUT2D eigenvalue weighted by molar-refractivity contribution is -0.140. The summed E-state index contributed by atoms with van der Waals surface area (Å²) < 4.78 is 4.66. The van der Waals surface area contributed by atoms with E-state index in [0.29, 0.717) is 6.42 Å². The van der Waals surface area contributed by atoms with Crippen LogP contribution in [0.25, 0.3) is 0 Å². The highest BCUT2D eigenvalue weighted by Crippen LogP contribution is 2.05. The second kappa shape index (κ2) is 9.56. The Morgan fingerprint density at radius 2 is 1.89 bits per heavy atom. The summed E-state index contributed by atoms with van der Waals surface area (Å²) in [6.07, 6.45) is 3.99. The zero-order valence-electron chi connectivity index (χ0n) is 12.1. The normalized spacial score (nSPS) is 10.7. The number of carbonyl (C=O) groups excluding carboxylic acids is 1. The van der Waals surface area contributed by atoms with Crippen LogP contribution >= 0.6 is 0 Å². The number of carbonyl (C=O) groups is 1. The quantitative estimate of drug-likeness (QED) is 0.507. The molecule has 3 nitrogen and oxygen atoms in total. The predicted octanol–water partition coefficient (Wildman–Crippen LogP) is 2.89. The smallest absolute Gasteiger partial charge is 0.306 e. The molecule has 0 aromatic heterocycles. The van der Waals surface area contributed by atoms with Crippen molar-refractivity contribution < 1.29 is 9.53 Å². The average molecular weight is 263 g/mol. The minimum Gasteiger partial charge on any atom is -0.469 e. The highest BCUT2D eigenvalue weighted by atomic mass is 16.5. The van der Waals surface area contributed by atoms with Crippen LogP contribution < -0.4 is 0 Å². The molecule has 0 atom stereocenters. The van der Waals surface area contributed by atoms with Crippen LogP contribution in [-0.4, -0.2) is 37.6 Å². The molecule has 0 radical (unpaired) electrons. The summed E-state index contributed by atoms with van der Waals surface area (Å²) in [5.41, 5.74) is 1.40. The zero-order valence-corrected chi connectivity index (χ0v) is 12.1. The molecular formula is C16H25NO2. The predicted molar refractivity (Wildman–Crippen MR) is 78.1 cm³/mol. The Balaban J connectivity index is 2.14. The van der Waals surface area contributed by atoms with Crippen LogP contribution in [0.4, 0.5) is 0 Å². The van der Waals surface area contributed by atoms with E-state index in [0.717, 1.165) is 26.1 Å². The van der Waals surface area contributed by atoms with E-state index in [4.69, 9.17) is 0 Å². The second-order valence-corrected chi connectivity index (χ2v) is 4.70. The molecule has 0 aliphatic rings. The number of methoxy groups -OCH3 is 1. The fourth-order valence-corrected chi connectivity index (χ4v) is 2.09. The van der Waals surface area contributed by atoms with Gasteiger partial charge >= 0.3 is 5.97 Å². The van der Waals surface area contributed by atoms with Crippen LogP contribution in [0.5, 0.6) is 0 Å². The topological polar surface area (TPSA) is 29.5 Å². The summed E-state index contributed by atoms with van der Waals surface area (Å²) in [6, 6.07) is 10.6. The molecule has 0 unspecified atom stereocenters. The molecule has 1 rings (SSSR count). The highest BCUT2D eigenvalue weighted by Gasteiger charge is 2.06. The van der Waals surface area contributed by atoms with Crippen molar-refractivity contribution in [2.75, 3.05) is 26.7 Å². The van der Waals surface area contributed by atoms with Gasteiger partial charge in [0.2, 0.25) is 0 Å². The molecule has 0 saturated carbocycles. The SMILES string of the molecule is CCN(CCCCc1ccccc1)CCC(=O)OC. The van der Waals surface area contributed by atoms with Crippen LogP contribution in [0.3, 0.4) is 0 Å². The van der Waals surface area contributed by atoms with E-state index in [-0.39, 0.29) is 5.97 Å². The van der Waals surface area contributed by atoms with Crippen molar-refractivity contribution in [2.45, 2.75) is 32.6 Å². The van der Waals surface area contributed by atoms with E-state index in [1.165, 1.54) is 25.5 Å². The zero-order chi connectivity index (χ0) is 13.9. The summed E-state index contributed by atoms with van der Waals surface area (Å²) in [7, 11) is 1.44. The van der Waals surface area contributed by atoms with Crippen molar-refractivity contribution in [3.05, 3.63) is 35.9 Å². The van der Waals surface area contributed by atoms with E-state index in [1.54, 1.807) is 0 Å². The summed E-state index contributed by atoms with van der Waals surface area (Å²) >= 11 is 0. The van der Waals surface area contributed by atoms with Crippen molar-refractivity contribution >= 4 is 5.97 Å². The maximum atomic E-state index is 11.1. The van der Waals surface area contributed by atoms with E-state index in [1.807, 2.05) is 0 Å². The fraction of sp³-hybridized carbons (Fsp3) is 0.562. The van der Waals surface area contributed by atoms with Gasteiger partial charge in [0, 0.05) is 6.54 Å². The Hall–Kier alpha value is -1.35. The van der Waals surface area contributed by atoms with Crippen molar-refractivity contribution in [2.24, 2.45) is 0 Å².